The molecule has 0 atom stereocenters. The van der Waals surface area contributed by atoms with Gasteiger partial charge in [-0.3, -0.25) is 0 Å². The Morgan fingerprint density at radius 3 is 2.44 bits per heavy atom. The average molecular weight is 262 g/mol. The van der Waals surface area contributed by atoms with Gasteiger partial charge in [-0.25, -0.2) is 4.79 Å². The van der Waals surface area contributed by atoms with Crippen molar-refractivity contribution in [2.45, 2.75) is 25.9 Å². The topological polar surface area (TPSA) is 46.5 Å². The van der Waals surface area contributed by atoms with Gasteiger partial charge < -0.3 is 9.84 Å². The summed E-state index contributed by atoms with van der Waals surface area (Å²) in [7, 11) is 0. The van der Waals surface area contributed by atoms with Crippen LogP contribution in [0, 0.1) is 0 Å². The van der Waals surface area contributed by atoms with Crippen molar-refractivity contribution in [3.05, 3.63) is 29.3 Å². The lowest BCUT2D eigenvalue weighted by Gasteiger charge is -2.13. The predicted octanol–water partition coefficient (Wildman–Crippen LogP) is 3.45. The zero-order chi connectivity index (χ0) is 13.9. The summed E-state index contributed by atoms with van der Waals surface area (Å²) in [5, 5.41) is 8.94. The summed E-state index contributed by atoms with van der Waals surface area (Å²) in [6.07, 6.45) is -4.41. The van der Waals surface area contributed by atoms with Gasteiger partial charge in [0, 0.05) is 0 Å². The molecule has 0 saturated heterocycles. The van der Waals surface area contributed by atoms with Gasteiger partial charge in [0.15, 0.2) is 6.61 Å². The fraction of sp³-hybridized carbons (Fsp3) is 0.417. The first kappa shape index (κ1) is 14.3. The molecule has 0 aliphatic rings. The molecule has 1 N–H and O–H groups in total. The van der Waals surface area contributed by atoms with Gasteiger partial charge in [-0.05, 0) is 29.7 Å². The number of ether oxygens (including phenoxy) is 1. The molecule has 100 valence electrons. The molecule has 0 heterocycles. The molecule has 18 heavy (non-hydrogen) atoms. The second-order valence-electron chi connectivity index (χ2n) is 4.11. The van der Waals surface area contributed by atoms with Crippen LogP contribution in [0.25, 0.3) is 0 Å². The molecule has 0 radical (unpaired) electrons. The quantitative estimate of drug-likeness (QED) is 0.904. The van der Waals surface area contributed by atoms with Crippen molar-refractivity contribution in [1.82, 2.24) is 0 Å². The largest absolute Gasteiger partial charge is 0.484 e. The number of carboxylic acid groups (broad SMARTS) is 1. The van der Waals surface area contributed by atoms with Crippen molar-refractivity contribution >= 4 is 5.97 Å². The standard InChI is InChI=1S/C12H13F3O3/c1-7(2)10-5-8(18-6-12(13,14)15)3-4-9(10)11(16)17/h3-5,7H,6H2,1-2H3,(H,16,17). The van der Waals surface area contributed by atoms with Crippen LogP contribution in [0.15, 0.2) is 18.2 Å². The molecule has 0 saturated carbocycles. The highest BCUT2D eigenvalue weighted by Crippen LogP contribution is 2.26. The third-order valence-electron chi connectivity index (χ3n) is 2.28. The number of alkyl halides is 3. The Bertz CT molecular complexity index is 439. The summed E-state index contributed by atoms with van der Waals surface area (Å²) >= 11 is 0. The second-order valence-corrected chi connectivity index (χ2v) is 4.11. The summed E-state index contributed by atoms with van der Waals surface area (Å²) in [5.41, 5.74) is 0.520. The molecular formula is C12H13F3O3. The zero-order valence-electron chi connectivity index (χ0n) is 9.91. The smallest absolute Gasteiger partial charge is 0.422 e. The average Bonchev–Trinajstić information content (AvgIpc) is 2.24. The maximum Gasteiger partial charge on any atom is 0.422 e. The summed E-state index contributed by atoms with van der Waals surface area (Å²) in [6, 6.07) is 3.81. The molecule has 1 rings (SSSR count). The monoisotopic (exact) mass is 262 g/mol. The normalized spacial score (nSPS) is 11.7. The van der Waals surface area contributed by atoms with Crippen LogP contribution in [0.4, 0.5) is 13.2 Å². The molecule has 0 unspecified atom stereocenters. The minimum atomic E-state index is -4.41. The first-order valence-corrected chi connectivity index (χ1v) is 5.27. The van der Waals surface area contributed by atoms with E-state index < -0.39 is 18.8 Å². The predicted molar refractivity (Wildman–Crippen MR) is 59.0 cm³/mol. The SMILES string of the molecule is CC(C)c1cc(OCC(F)(F)F)ccc1C(=O)O. The molecule has 0 aromatic heterocycles. The third-order valence-corrected chi connectivity index (χ3v) is 2.28. The number of hydrogen-bond donors (Lipinski definition) is 1. The Hall–Kier alpha value is -1.72. The van der Waals surface area contributed by atoms with Crippen molar-refractivity contribution in [2.24, 2.45) is 0 Å². The van der Waals surface area contributed by atoms with Crippen molar-refractivity contribution in [3.63, 3.8) is 0 Å². The van der Waals surface area contributed by atoms with E-state index >= 15 is 0 Å². The Labute approximate surface area is 102 Å². The molecule has 6 heteroatoms. The van der Waals surface area contributed by atoms with Gasteiger partial charge >= 0.3 is 12.1 Å². The minimum absolute atomic E-state index is 0.0148. The van der Waals surface area contributed by atoms with Crippen molar-refractivity contribution in [2.75, 3.05) is 6.61 Å². The lowest BCUT2D eigenvalue weighted by atomic mass is 9.97. The zero-order valence-corrected chi connectivity index (χ0v) is 9.91. The first-order chi connectivity index (χ1) is 8.20. The summed E-state index contributed by atoms with van der Waals surface area (Å²) in [4.78, 5) is 10.9. The van der Waals surface area contributed by atoms with E-state index in [1.807, 2.05) is 0 Å². The van der Waals surface area contributed by atoms with Gasteiger partial charge in [0.25, 0.3) is 0 Å². The van der Waals surface area contributed by atoms with Gasteiger partial charge in [-0.1, -0.05) is 13.8 Å². The van der Waals surface area contributed by atoms with Crippen LogP contribution in [-0.2, 0) is 0 Å². The van der Waals surface area contributed by atoms with Crippen LogP contribution in [0.2, 0.25) is 0 Å². The van der Waals surface area contributed by atoms with Crippen LogP contribution in [-0.4, -0.2) is 23.9 Å². The van der Waals surface area contributed by atoms with Gasteiger partial charge in [-0.2, -0.15) is 13.2 Å². The van der Waals surface area contributed by atoms with E-state index in [1.54, 1.807) is 13.8 Å². The van der Waals surface area contributed by atoms with Crippen LogP contribution in [0.1, 0.15) is 35.7 Å². The molecule has 1 aromatic rings. The Balaban J connectivity index is 2.97. The van der Waals surface area contributed by atoms with Crippen molar-refractivity contribution in [1.29, 1.82) is 0 Å². The molecule has 0 bridgehead atoms. The number of hydrogen-bond acceptors (Lipinski definition) is 2. The Morgan fingerprint density at radius 1 is 1.39 bits per heavy atom. The first-order valence-electron chi connectivity index (χ1n) is 5.27. The van der Waals surface area contributed by atoms with E-state index in [0.29, 0.717) is 5.56 Å². The summed E-state index contributed by atoms with van der Waals surface area (Å²) in [5.74, 6) is -1.22. The number of halogens is 3. The fourth-order valence-electron chi connectivity index (χ4n) is 1.47. The summed E-state index contributed by atoms with van der Waals surface area (Å²) in [6.45, 7) is 2.13. The lowest BCUT2D eigenvalue weighted by molar-refractivity contribution is -0.153. The fourth-order valence-corrected chi connectivity index (χ4v) is 1.47. The molecule has 0 aliphatic carbocycles. The van der Waals surface area contributed by atoms with Gasteiger partial charge in [0.05, 0.1) is 5.56 Å². The minimum Gasteiger partial charge on any atom is -0.484 e. The molecular weight excluding hydrogens is 249 g/mol. The molecule has 0 spiro atoms. The van der Waals surface area contributed by atoms with E-state index in [1.165, 1.54) is 18.2 Å². The van der Waals surface area contributed by atoms with Gasteiger partial charge in [0.1, 0.15) is 5.75 Å². The Kier molecular flexibility index (Phi) is 4.21. The summed E-state index contributed by atoms with van der Waals surface area (Å²) < 4.78 is 40.5. The van der Waals surface area contributed by atoms with E-state index in [4.69, 9.17) is 5.11 Å². The number of benzene rings is 1. The highest BCUT2D eigenvalue weighted by molar-refractivity contribution is 5.89. The van der Waals surface area contributed by atoms with Crippen LogP contribution >= 0.6 is 0 Å². The van der Waals surface area contributed by atoms with Gasteiger partial charge in [0.2, 0.25) is 0 Å². The van der Waals surface area contributed by atoms with Crippen LogP contribution in [0.3, 0.4) is 0 Å². The Morgan fingerprint density at radius 2 is 2.00 bits per heavy atom. The van der Waals surface area contributed by atoms with E-state index in [9.17, 15) is 18.0 Å². The number of carboxylic acids is 1. The third kappa shape index (κ3) is 3.94. The maximum atomic E-state index is 12.0. The second kappa shape index (κ2) is 5.29. The number of aromatic carboxylic acids is 1. The molecule has 0 fully saturated rings. The van der Waals surface area contributed by atoms with Crippen molar-refractivity contribution < 1.29 is 27.8 Å². The lowest BCUT2D eigenvalue weighted by Crippen LogP contribution is -2.19. The molecule has 0 amide bonds. The van der Waals surface area contributed by atoms with Gasteiger partial charge in [-0.15, -0.1) is 0 Å². The molecule has 0 aliphatic heterocycles. The van der Waals surface area contributed by atoms with E-state index in [0.717, 1.165) is 0 Å². The molecule has 1 aromatic carbocycles. The van der Waals surface area contributed by atoms with Crippen LogP contribution < -0.4 is 4.74 Å². The maximum absolute atomic E-state index is 12.0. The highest BCUT2D eigenvalue weighted by Gasteiger charge is 2.28. The molecule has 3 nitrogen and oxygen atoms in total. The highest BCUT2D eigenvalue weighted by atomic mass is 19.4. The van der Waals surface area contributed by atoms with Crippen molar-refractivity contribution in [3.8, 4) is 5.75 Å². The van der Waals surface area contributed by atoms with E-state index in [-0.39, 0.29) is 17.2 Å². The van der Waals surface area contributed by atoms with Crippen LogP contribution in [0.5, 0.6) is 5.75 Å². The van der Waals surface area contributed by atoms with E-state index in [2.05, 4.69) is 4.74 Å². The number of carbonyl (C=O) groups is 1. The number of rotatable bonds is 4.